The number of hydrogen-bond acceptors (Lipinski definition) is 3. The number of rotatable bonds is 2. The fourth-order valence-electron chi connectivity index (χ4n) is 2.79. The van der Waals surface area contributed by atoms with Crippen molar-refractivity contribution in [1.29, 1.82) is 0 Å². The molecule has 5 nitrogen and oxygen atoms in total. The first-order valence-electron chi connectivity index (χ1n) is 7.23. The molecule has 1 aliphatic rings. The van der Waals surface area contributed by atoms with E-state index in [1.165, 1.54) is 16.8 Å². The molecule has 3 rings (SSSR count). The van der Waals surface area contributed by atoms with Crippen molar-refractivity contribution in [2.24, 2.45) is 0 Å². The predicted octanol–water partition coefficient (Wildman–Crippen LogP) is 4.05. The molecule has 0 aliphatic carbocycles. The predicted molar refractivity (Wildman–Crippen MR) is 80.7 cm³/mol. The van der Waals surface area contributed by atoms with Crippen LogP contribution in [-0.4, -0.2) is 20.9 Å². The normalized spacial score (nSPS) is 17.3. The Balaban J connectivity index is 2.13. The summed E-state index contributed by atoms with van der Waals surface area (Å²) in [7, 11) is 0. The second-order valence-electron chi connectivity index (χ2n) is 5.74. The van der Waals surface area contributed by atoms with Gasteiger partial charge < -0.3 is 10.4 Å². The summed E-state index contributed by atoms with van der Waals surface area (Å²) in [6.45, 7) is 3.45. The minimum atomic E-state index is -4.79. The average Bonchev–Trinajstić information content (AvgIpc) is 2.90. The van der Waals surface area contributed by atoms with Crippen LogP contribution in [0.1, 0.15) is 41.5 Å². The molecule has 0 fully saturated rings. The van der Waals surface area contributed by atoms with E-state index in [0.29, 0.717) is 23.2 Å². The van der Waals surface area contributed by atoms with Gasteiger partial charge in [-0.05, 0) is 37.1 Å². The number of hydrogen-bond donors (Lipinski definition) is 2. The van der Waals surface area contributed by atoms with Gasteiger partial charge in [0.1, 0.15) is 17.7 Å². The summed E-state index contributed by atoms with van der Waals surface area (Å²) in [6, 6.07) is 3.26. The van der Waals surface area contributed by atoms with Gasteiger partial charge in [-0.2, -0.15) is 18.3 Å². The van der Waals surface area contributed by atoms with E-state index in [0.717, 1.165) is 6.07 Å². The molecule has 2 N–H and O–H groups in total. The average molecular weight is 355 g/mol. The Hall–Kier alpha value is -2.84. The summed E-state index contributed by atoms with van der Waals surface area (Å²) in [5, 5.41) is 16.0. The molecule has 1 aromatic carbocycles. The number of carboxylic acid groups (broad SMARTS) is 1. The molecular formula is C16H13F4N3O2. The summed E-state index contributed by atoms with van der Waals surface area (Å²) in [4.78, 5) is 11.1. The maximum Gasteiger partial charge on any atom is 0.419 e. The van der Waals surface area contributed by atoms with E-state index < -0.39 is 29.6 Å². The molecule has 0 saturated heterocycles. The fourth-order valence-corrected chi connectivity index (χ4v) is 2.79. The van der Waals surface area contributed by atoms with Crippen LogP contribution in [0.25, 0.3) is 0 Å². The van der Waals surface area contributed by atoms with Crippen LogP contribution >= 0.6 is 0 Å². The van der Waals surface area contributed by atoms with E-state index in [2.05, 4.69) is 10.4 Å². The highest BCUT2D eigenvalue weighted by molar-refractivity contribution is 5.86. The van der Waals surface area contributed by atoms with Crippen LogP contribution in [0, 0.1) is 5.82 Å². The van der Waals surface area contributed by atoms with E-state index in [4.69, 9.17) is 5.11 Å². The van der Waals surface area contributed by atoms with Crippen LogP contribution in [0.15, 0.2) is 35.5 Å². The Morgan fingerprint density at radius 3 is 2.52 bits per heavy atom. The summed E-state index contributed by atoms with van der Waals surface area (Å²) in [5.41, 5.74) is 0.0457. The third kappa shape index (κ3) is 2.86. The molecule has 0 spiro atoms. The topological polar surface area (TPSA) is 67.2 Å². The standard InChI is InChI=1S/C16H13F4N3O2/c1-7-8(2)21-13-6-12(15(24)25)22-23(13)14(7)9-3-4-10(11(17)5-9)16(18,19)20/h3-6,14,21H,1-2H3,(H,24,25). The number of aromatic nitrogens is 2. The molecule has 0 radical (unpaired) electrons. The molecule has 0 bridgehead atoms. The van der Waals surface area contributed by atoms with Crippen LogP contribution in [0.4, 0.5) is 23.4 Å². The van der Waals surface area contributed by atoms with Crippen LogP contribution in [-0.2, 0) is 6.18 Å². The van der Waals surface area contributed by atoms with Crippen molar-refractivity contribution >= 4 is 11.8 Å². The van der Waals surface area contributed by atoms with Gasteiger partial charge in [0.2, 0.25) is 0 Å². The number of halogens is 4. The third-order valence-electron chi connectivity index (χ3n) is 4.13. The Morgan fingerprint density at radius 1 is 1.28 bits per heavy atom. The fraction of sp³-hybridized carbons (Fsp3) is 0.250. The van der Waals surface area contributed by atoms with Crippen molar-refractivity contribution in [3.05, 3.63) is 58.2 Å². The quantitative estimate of drug-likeness (QED) is 0.798. The number of fused-ring (bicyclic) bond motifs is 1. The Bertz CT molecular complexity index is 899. The van der Waals surface area contributed by atoms with Crippen molar-refractivity contribution < 1.29 is 27.5 Å². The number of carbonyl (C=O) groups is 1. The van der Waals surface area contributed by atoms with Crippen molar-refractivity contribution in [2.45, 2.75) is 26.1 Å². The lowest BCUT2D eigenvalue weighted by Crippen LogP contribution is -2.23. The van der Waals surface area contributed by atoms with Gasteiger partial charge in [0, 0.05) is 11.8 Å². The van der Waals surface area contributed by atoms with Gasteiger partial charge in [-0.3, -0.25) is 0 Å². The molecule has 1 unspecified atom stereocenters. The zero-order chi connectivity index (χ0) is 18.5. The first-order valence-corrected chi connectivity index (χ1v) is 7.23. The molecule has 132 valence electrons. The molecule has 0 saturated carbocycles. The molecule has 0 amide bonds. The summed E-state index contributed by atoms with van der Waals surface area (Å²) >= 11 is 0. The Kier molecular flexibility index (Phi) is 3.81. The second kappa shape index (κ2) is 5.61. The van der Waals surface area contributed by atoms with Crippen molar-refractivity contribution in [3.63, 3.8) is 0 Å². The van der Waals surface area contributed by atoms with Gasteiger partial charge in [-0.1, -0.05) is 6.07 Å². The zero-order valence-corrected chi connectivity index (χ0v) is 13.1. The lowest BCUT2D eigenvalue weighted by atomic mass is 9.96. The van der Waals surface area contributed by atoms with Gasteiger partial charge in [0.25, 0.3) is 0 Å². The number of nitrogens with one attached hydrogen (secondary N) is 1. The highest BCUT2D eigenvalue weighted by Gasteiger charge is 2.35. The Labute approximate surface area is 139 Å². The van der Waals surface area contributed by atoms with Crippen molar-refractivity contribution in [1.82, 2.24) is 9.78 Å². The van der Waals surface area contributed by atoms with Crippen LogP contribution in [0.2, 0.25) is 0 Å². The minimum Gasteiger partial charge on any atom is -0.476 e. The van der Waals surface area contributed by atoms with Crippen molar-refractivity contribution in [3.8, 4) is 0 Å². The Morgan fingerprint density at radius 2 is 1.96 bits per heavy atom. The third-order valence-corrected chi connectivity index (χ3v) is 4.13. The van der Waals surface area contributed by atoms with E-state index >= 15 is 0 Å². The number of carboxylic acids is 1. The first kappa shape index (κ1) is 17.0. The highest BCUT2D eigenvalue weighted by atomic mass is 19.4. The number of aromatic carboxylic acids is 1. The SMILES string of the molecule is CC1=C(C)C(c2ccc(C(F)(F)F)c(F)c2)n2nc(C(=O)O)cc2N1. The van der Waals surface area contributed by atoms with Crippen molar-refractivity contribution in [2.75, 3.05) is 5.32 Å². The lowest BCUT2D eigenvalue weighted by Gasteiger charge is -2.28. The second-order valence-corrected chi connectivity index (χ2v) is 5.74. The van der Waals surface area contributed by atoms with Gasteiger partial charge in [0.05, 0.1) is 5.56 Å². The molecule has 2 heterocycles. The summed E-state index contributed by atoms with van der Waals surface area (Å²) in [6.07, 6.45) is -4.79. The van der Waals surface area contributed by atoms with Gasteiger partial charge in [-0.25, -0.2) is 13.9 Å². The molecular weight excluding hydrogens is 342 g/mol. The maximum absolute atomic E-state index is 14.0. The highest BCUT2D eigenvalue weighted by Crippen LogP contribution is 2.38. The lowest BCUT2D eigenvalue weighted by molar-refractivity contribution is -0.140. The van der Waals surface area contributed by atoms with E-state index in [-0.39, 0.29) is 11.3 Å². The summed E-state index contributed by atoms with van der Waals surface area (Å²) in [5.74, 6) is -2.26. The van der Waals surface area contributed by atoms with Crippen LogP contribution in [0.3, 0.4) is 0 Å². The molecule has 1 aromatic heterocycles. The number of anilines is 1. The van der Waals surface area contributed by atoms with E-state index in [9.17, 15) is 22.4 Å². The molecule has 1 atom stereocenters. The van der Waals surface area contributed by atoms with E-state index in [1.54, 1.807) is 13.8 Å². The number of alkyl halides is 3. The monoisotopic (exact) mass is 355 g/mol. The number of allylic oxidation sites excluding steroid dienone is 2. The maximum atomic E-state index is 14.0. The molecule has 9 heteroatoms. The van der Waals surface area contributed by atoms with Gasteiger partial charge >= 0.3 is 12.1 Å². The van der Waals surface area contributed by atoms with Crippen LogP contribution < -0.4 is 5.32 Å². The smallest absolute Gasteiger partial charge is 0.419 e. The molecule has 2 aromatic rings. The van der Waals surface area contributed by atoms with Gasteiger partial charge in [0.15, 0.2) is 5.69 Å². The first-order chi connectivity index (χ1) is 11.6. The number of benzene rings is 1. The van der Waals surface area contributed by atoms with Crippen LogP contribution in [0.5, 0.6) is 0 Å². The van der Waals surface area contributed by atoms with E-state index in [1.807, 2.05) is 0 Å². The zero-order valence-electron chi connectivity index (χ0n) is 13.1. The summed E-state index contributed by atoms with van der Waals surface area (Å²) < 4.78 is 53.5. The number of nitrogens with zero attached hydrogens (tertiary/aromatic N) is 2. The molecule has 1 aliphatic heterocycles. The minimum absolute atomic E-state index is 0.220. The van der Waals surface area contributed by atoms with Gasteiger partial charge in [-0.15, -0.1) is 0 Å². The largest absolute Gasteiger partial charge is 0.476 e. The molecule has 25 heavy (non-hydrogen) atoms.